The fourth-order valence-electron chi connectivity index (χ4n) is 2.28. The number of carbonyl (C=O) groups excluding carboxylic acids is 3. The molecule has 1 radical (unpaired) electrons. The van der Waals surface area contributed by atoms with Crippen molar-refractivity contribution in [3.05, 3.63) is 24.5 Å². The minimum absolute atomic E-state index is 0.0296. The molecule has 1 fully saturated rings. The molecule has 111 valence electrons. The second kappa shape index (κ2) is 7.37. The minimum atomic E-state index is -0.585. The van der Waals surface area contributed by atoms with Gasteiger partial charge >= 0.3 is 6.41 Å². The summed E-state index contributed by atoms with van der Waals surface area (Å²) in [5, 5.41) is 5.10. The number of nitrogens with one attached hydrogen (secondary N) is 2. The van der Waals surface area contributed by atoms with E-state index in [1.54, 1.807) is 30.9 Å². The van der Waals surface area contributed by atoms with Crippen LogP contribution in [0.5, 0.6) is 0 Å². The lowest BCUT2D eigenvalue weighted by Crippen LogP contribution is -2.47. The number of likely N-dealkylation sites (tertiary alicyclic amines) is 1. The molecule has 2 heterocycles. The lowest BCUT2D eigenvalue weighted by atomic mass is 10.1. The summed E-state index contributed by atoms with van der Waals surface area (Å²) in [4.78, 5) is 39.9. The molecule has 1 aliphatic heterocycles. The normalized spacial score (nSPS) is 18.8. The van der Waals surface area contributed by atoms with Gasteiger partial charge in [0.1, 0.15) is 6.04 Å². The highest BCUT2D eigenvalue weighted by molar-refractivity contribution is 5.95. The molecule has 2 N–H and O–H groups in total. The van der Waals surface area contributed by atoms with Crippen molar-refractivity contribution in [2.75, 3.05) is 18.4 Å². The van der Waals surface area contributed by atoms with Crippen LogP contribution >= 0.6 is 0 Å². The Bertz CT molecular complexity index is 506. The zero-order chi connectivity index (χ0) is 15.1. The topological polar surface area (TPSA) is 91.4 Å². The number of rotatable bonds is 5. The van der Waals surface area contributed by atoms with E-state index >= 15 is 0 Å². The molecule has 1 aromatic rings. The fourth-order valence-corrected chi connectivity index (χ4v) is 2.28. The molecule has 1 saturated heterocycles. The third-order valence-electron chi connectivity index (χ3n) is 3.31. The number of nitrogens with zero attached hydrogens (tertiary/aromatic N) is 2. The predicted molar refractivity (Wildman–Crippen MR) is 75.9 cm³/mol. The van der Waals surface area contributed by atoms with Crippen LogP contribution in [0.1, 0.15) is 19.3 Å². The monoisotopic (exact) mass is 289 g/mol. The standard InChI is InChI=1S/C14H17N4O3/c19-10-16-12-3-1-2-8-18(14(12)21)9-13(20)17-11-4-6-15-7-5-11/h4-7,12H,1-3,8-9H2,(H,16,19)(H,15,17,20)/t12-/m0/s1. The molecule has 0 bridgehead atoms. The van der Waals surface area contributed by atoms with Crippen molar-refractivity contribution < 1.29 is 14.4 Å². The molecule has 0 spiro atoms. The number of aromatic nitrogens is 1. The zero-order valence-corrected chi connectivity index (χ0v) is 11.5. The van der Waals surface area contributed by atoms with Gasteiger partial charge in [-0.05, 0) is 31.4 Å². The van der Waals surface area contributed by atoms with Crippen LogP contribution in [-0.2, 0) is 14.4 Å². The molecular weight excluding hydrogens is 272 g/mol. The van der Waals surface area contributed by atoms with Crippen molar-refractivity contribution in [3.8, 4) is 0 Å². The first kappa shape index (κ1) is 15.0. The van der Waals surface area contributed by atoms with Crippen molar-refractivity contribution in [1.29, 1.82) is 0 Å². The highest BCUT2D eigenvalue weighted by Crippen LogP contribution is 2.12. The molecule has 0 aliphatic carbocycles. The number of anilines is 1. The van der Waals surface area contributed by atoms with E-state index < -0.39 is 6.04 Å². The van der Waals surface area contributed by atoms with Gasteiger partial charge in [-0.15, -0.1) is 0 Å². The van der Waals surface area contributed by atoms with Crippen molar-refractivity contribution in [1.82, 2.24) is 15.2 Å². The third-order valence-corrected chi connectivity index (χ3v) is 3.31. The van der Waals surface area contributed by atoms with E-state index in [-0.39, 0.29) is 18.4 Å². The summed E-state index contributed by atoms with van der Waals surface area (Å²) in [6, 6.07) is 2.76. The summed E-state index contributed by atoms with van der Waals surface area (Å²) in [6.45, 7) is 0.484. The summed E-state index contributed by atoms with van der Waals surface area (Å²) in [5.41, 5.74) is 0.633. The number of amides is 3. The molecule has 3 amide bonds. The van der Waals surface area contributed by atoms with Crippen LogP contribution in [-0.4, -0.2) is 47.2 Å². The van der Waals surface area contributed by atoms with Gasteiger partial charge in [-0.2, -0.15) is 0 Å². The largest absolute Gasteiger partial charge is 0.336 e. The summed E-state index contributed by atoms with van der Waals surface area (Å²) >= 11 is 0. The molecule has 7 nitrogen and oxygen atoms in total. The van der Waals surface area contributed by atoms with E-state index in [1.807, 2.05) is 0 Å². The Hall–Kier alpha value is -2.44. The van der Waals surface area contributed by atoms with Gasteiger partial charge in [0.2, 0.25) is 11.8 Å². The van der Waals surface area contributed by atoms with E-state index in [2.05, 4.69) is 15.6 Å². The zero-order valence-electron chi connectivity index (χ0n) is 11.5. The van der Waals surface area contributed by atoms with Crippen molar-refractivity contribution >= 4 is 23.9 Å². The number of hydrogen-bond acceptors (Lipinski definition) is 4. The first-order valence-electron chi connectivity index (χ1n) is 6.82. The molecular formula is C14H17N4O3. The molecule has 1 atom stereocenters. The Balaban J connectivity index is 1.95. The van der Waals surface area contributed by atoms with E-state index in [1.165, 1.54) is 4.90 Å². The molecule has 1 aliphatic rings. The lowest BCUT2D eigenvalue weighted by Gasteiger charge is -2.23. The van der Waals surface area contributed by atoms with E-state index in [0.717, 1.165) is 12.8 Å². The van der Waals surface area contributed by atoms with Crippen LogP contribution in [0.3, 0.4) is 0 Å². The molecule has 0 aromatic carbocycles. The van der Waals surface area contributed by atoms with Crippen LogP contribution in [0, 0.1) is 0 Å². The molecule has 21 heavy (non-hydrogen) atoms. The number of carbonyl (C=O) groups is 2. The van der Waals surface area contributed by atoms with E-state index in [0.29, 0.717) is 18.7 Å². The maximum Gasteiger partial charge on any atom is 0.309 e. The Labute approximate surface area is 122 Å². The molecule has 0 unspecified atom stereocenters. The van der Waals surface area contributed by atoms with E-state index in [4.69, 9.17) is 0 Å². The van der Waals surface area contributed by atoms with Gasteiger partial charge in [0.25, 0.3) is 0 Å². The van der Waals surface area contributed by atoms with Crippen LogP contribution in [0.4, 0.5) is 5.69 Å². The Kier molecular flexibility index (Phi) is 5.25. The van der Waals surface area contributed by atoms with Crippen LogP contribution < -0.4 is 10.6 Å². The summed E-state index contributed by atoms with van der Waals surface area (Å²) in [5.74, 6) is -0.508. The number of pyridine rings is 1. The van der Waals surface area contributed by atoms with Gasteiger partial charge in [-0.25, -0.2) is 0 Å². The molecule has 7 heteroatoms. The number of hydrogen-bond donors (Lipinski definition) is 2. The second-order valence-electron chi connectivity index (χ2n) is 4.84. The van der Waals surface area contributed by atoms with Gasteiger partial charge in [0, 0.05) is 24.6 Å². The molecule has 2 rings (SSSR count). The Morgan fingerprint density at radius 1 is 1.38 bits per heavy atom. The van der Waals surface area contributed by atoms with Gasteiger partial charge in [-0.1, -0.05) is 0 Å². The third kappa shape index (κ3) is 4.27. The minimum Gasteiger partial charge on any atom is -0.336 e. The van der Waals surface area contributed by atoms with Crippen molar-refractivity contribution in [2.45, 2.75) is 25.3 Å². The summed E-state index contributed by atoms with van der Waals surface area (Å²) in [7, 11) is 0. The average Bonchev–Trinajstić information content (AvgIpc) is 2.64. The van der Waals surface area contributed by atoms with Crippen LogP contribution in [0.15, 0.2) is 24.5 Å². The summed E-state index contributed by atoms with van der Waals surface area (Å²) in [6.07, 6.45) is 6.92. The van der Waals surface area contributed by atoms with E-state index in [9.17, 15) is 14.4 Å². The van der Waals surface area contributed by atoms with Gasteiger partial charge < -0.3 is 15.5 Å². The van der Waals surface area contributed by atoms with Gasteiger partial charge in [-0.3, -0.25) is 19.4 Å². The highest BCUT2D eigenvalue weighted by atomic mass is 16.2. The second-order valence-corrected chi connectivity index (χ2v) is 4.84. The fraction of sp³-hybridized carbons (Fsp3) is 0.429. The quantitative estimate of drug-likeness (QED) is 0.750. The maximum atomic E-state index is 12.2. The predicted octanol–water partition coefficient (Wildman–Crippen LogP) is 0.0580. The molecule has 0 saturated carbocycles. The van der Waals surface area contributed by atoms with Gasteiger partial charge in [0.05, 0.1) is 6.54 Å². The average molecular weight is 289 g/mol. The molecule has 1 aromatic heterocycles. The maximum absolute atomic E-state index is 12.2. The highest BCUT2D eigenvalue weighted by Gasteiger charge is 2.27. The lowest BCUT2D eigenvalue weighted by molar-refractivity contribution is -0.135. The van der Waals surface area contributed by atoms with Crippen molar-refractivity contribution in [3.63, 3.8) is 0 Å². The smallest absolute Gasteiger partial charge is 0.309 e. The van der Waals surface area contributed by atoms with Crippen LogP contribution in [0.2, 0.25) is 0 Å². The summed E-state index contributed by atoms with van der Waals surface area (Å²) < 4.78 is 0. The SMILES string of the molecule is O=[C]N[C@H]1CCCCN(CC(=O)Nc2ccncc2)C1=O. The van der Waals surface area contributed by atoms with Crippen molar-refractivity contribution in [2.24, 2.45) is 0 Å². The first-order chi connectivity index (χ1) is 10.2. The van der Waals surface area contributed by atoms with Gasteiger partial charge in [0.15, 0.2) is 0 Å². The Morgan fingerprint density at radius 3 is 2.86 bits per heavy atom. The Morgan fingerprint density at radius 2 is 2.14 bits per heavy atom. The first-order valence-corrected chi connectivity index (χ1v) is 6.82. The van der Waals surface area contributed by atoms with Crippen LogP contribution in [0.25, 0.3) is 0 Å².